The summed E-state index contributed by atoms with van der Waals surface area (Å²) < 4.78 is 5.62. The van der Waals surface area contributed by atoms with Crippen molar-refractivity contribution in [2.24, 2.45) is 5.92 Å². The lowest BCUT2D eigenvalue weighted by molar-refractivity contribution is 0.104. The van der Waals surface area contributed by atoms with Crippen molar-refractivity contribution in [2.45, 2.75) is 33.1 Å². The SMILES string of the molecule is CCCC(C)COCCNCCc1ccsc1. The van der Waals surface area contributed by atoms with Crippen LogP contribution in [0.4, 0.5) is 0 Å². The molecule has 3 heteroatoms. The zero-order valence-electron chi connectivity index (χ0n) is 11.1. The Hall–Kier alpha value is -0.380. The van der Waals surface area contributed by atoms with E-state index < -0.39 is 0 Å². The van der Waals surface area contributed by atoms with Crippen LogP contribution in [0.15, 0.2) is 16.8 Å². The highest BCUT2D eigenvalue weighted by atomic mass is 32.1. The second kappa shape index (κ2) is 9.63. The van der Waals surface area contributed by atoms with Crippen molar-refractivity contribution in [2.75, 3.05) is 26.3 Å². The molecule has 1 rings (SSSR count). The Morgan fingerprint density at radius 3 is 3.00 bits per heavy atom. The molecule has 1 aromatic rings. The predicted octanol–water partition coefficient (Wildman–Crippen LogP) is 3.33. The Morgan fingerprint density at radius 1 is 1.41 bits per heavy atom. The molecule has 1 aromatic heterocycles. The van der Waals surface area contributed by atoms with Gasteiger partial charge in [0, 0.05) is 13.2 Å². The maximum atomic E-state index is 5.62. The summed E-state index contributed by atoms with van der Waals surface area (Å²) in [6.45, 7) is 8.22. The molecule has 1 atom stereocenters. The summed E-state index contributed by atoms with van der Waals surface area (Å²) in [5.41, 5.74) is 1.43. The number of ether oxygens (including phenoxy) is 1. The third-order valence-corrected chi connectivity index (χ3v) is 3.51. The maximum absolute atomic E-state index is 5.62. The van der Waals surface area contributed by atoms with E-state index in [0.717, 1.165) is 32.7 Å². The highest BCUT2D eigenvalue weighted by molar-refractivity contribution is 7.07. The maximum Gasteiger partial charge on any atom is 0.0591 e. The molecule has 1 unspecified atom stereocenters. The van der Waals surface area contributed by atoms with Crippen LogP contribution in [0.2, 0.25) is 0 Å². The van der Waals surface area contributed by atoms with E-state index in [2.05, 4.69) is 36.0 Å². The first kappa shape index (κ1) is 14.7. The van der Waals surface area contributed by atoms with Gasteiger partial charge in [-0.1, -0.05) is 20.3 Å². The predicted molar refractivity (Wildman–Crippen MR) is 75.8 cm³/mol. The molecule has 0 bridgehead atoms. The van der Waals surface area contributed by atoms with Gasteiger partial charge in [0.25, 0.3) is 0 Å². The van der Waals surface area contributed by atoms with Gasteiger partial charge in [-0.2, -0.15) is 11.3 Å². The lowest BCUT2D eigenvalue weighted by atomic mass is 10.1. The van der Waals surface area contributed by atoms with Gasteiger partial charge >= 0.3 is 0 Å². The van der Waals surface area contributed by atoms with Crippen molar-refractivity contribution >= 4 is 11.3 Å². The molecule has 2 nitrogen and oxygen atoms in total. The van der Waals surface area contributed by atoms with Crippen LogP contribution in [0.3, 0.4) is 0 Å². The van der Waals surface area contributed by atoms with Crippen molar-refractivity contribution in [3.8, 4) is 0 Å². The first-order valence-corrected chi connectivity index (χ1v) is 7.56. The summed E-state index contributed by atoms with van der Waals surface area (Å²) in [7, 11) is 0. The van der Waals surface area contributed by atoms with Crippen LogP contribution in [-0.4, -0.2) is 26.3 Å². The van der Waals surface area contributed by atoms with Gasteiger partial charge in [0.1, 0.15) is 0 Å². The van der Waals surface area contributed by atoms with Crippen molar-refractivity contribution in [1.29, 1.82) is 0 Å². The molecule has 0 aliphatic carbocycles. The fourth-order valence-corrected chi connectivity index (χ4v) is 2.50. The number of hydrogen-bond donors (Lipinski definition) is 1. The van der Waals surface area contributed by atoms with Crippen LogP contribution in [-0.2, 0) is 11.2 Å². The normalized spacial score (nSPS) is 12.8. The minimum absolute atomic E-state index is 0.700. The molecule has 0 aromatic carbocycles. The lowest BCUT2D eigenvalue weighted by Crippen LogP contribution is -2.23. The van der Waals surface area contributed by atoms with Crippen LogP contribution in [0, 0.1) is 5.92 Å². The molecule has 98 valence electrons. The van der Waals surface area contributed by atoms with Crippen LogP contribution in [0.25, 0.3) is 0 Å². The summed E-state index contributed by atoms with van der Waals surface area (Å²) >= 11 is 1.77. The van der Waals surface area contributed by atoms with Gasteiger partial charge in [0.05, 0.1) is 6.61 Å². The monoisotopic (exact) mass is 255 g/mol. The summed E-state index contributed by atoms with van der Waals surface area (Å²) in [5.74, 6) is 0.700. The van der Waals surface area contributed by atoms with Crippen molar-refractivity contribution in [1.82, 2.24) is 5.32 Å². The summed E-state index contributed by atoms with van der Waals surface area (Å²) in [5, 5.41) is 7.75. The molecule has 0 amide bonds. The zero-order valence-corrected chi connectivity index (χ0v) is 11.9. The van der Waals surface area contributed by atoms with E-state index in [4.69, 9.17) is 4.74 Å². The number of thiophene rings is 1. The van der Waals surface area contributed by atoms with Crippen LogP contribution >= 0.6 is 11.3 Å². The number of hydrogen-bond acceptors (Lipinski definition) is 3. The molecule has 0 saturated carbocycles. The minimum atomic E-state index is 0.700. The van der Waals surface area contributed by atoms with Gasteiger partial charge in [-0.25, -0.2) is 0 Å². The van der Waals surface area contributed by atoms with E-state index in [1.165, 1.54) is 18.4 Å². The third-order valence-electron chi connectivity index (χ3n) is 2.78. The van der Waals surface area contributed by atoms with Gasteiger partial charge in [-0.15, -0.1) is 0 Å². The number of nitrogens with one attached hydrogen (secondary N) is 1. The van der Waals surface area contributed by atoms with E-state index in [0.29, 0.717) is 5.92 Å². The molecule has 0 saturated heterocycles. The smallest absolute Gasteiger partial charge is 0.0591 e. The average molecular weight is 255 g/mol. The van der Waals surface area contributed by atoms with E-state index in [-0.39, 0.29) is 0 Å². The van der Waals surface area contributed by atoms with Crippen molar-refractivity contribution in [3.63, 3.8) is 0 Å². The summed E-state index contributed by atoms with van der Waals surface area (Å²) in [4.78, 5) is 0. The molecule has 17 heavy (non-hydrogen) atoms. The molecule has 1 N–H and O–H groups in total. The standard InChI is InChI=1S/C14H25NOS/c1-3-4-13(2)11-16-9-8-15-7-5-14-6-10-17-12-14/h6,10,12-13,15H,3-5,7-9,11H2,1-2H3. The first-order valence-electron chi connectivity index (χ1n) is 6.62. The Labute approximate surface area is 109 Å². The van der Waals surface area contributed by atoms with Crippen molar-refractivity contribution < 1.29 is 4.74 Å². The highest BCUT2D eigenvalue weighted by Crippen LogP contribution is 2.06. The Morgan fingerprint density at radius 2 is 2.29 bits per heavy atom. The summed E-state index contributed by atoms with van der Waals surface area (Å²) in [6, 6.07) is 2.19. The molecule has 0 spiro atoms. The molecule has 0 aliphatic heterocycles. The van der Waals surface area contributed by atoms with Crippen LogP contribution < -0.4 is 5.32 Å². The second-order valence-corrected chi connectivity index (χ2v) is 5.38. The topological polar surface area (TPSA) is 21.3 Å². The van der Waals surface area contributed by atoms with Gasteiger partial charge in [0.15, 0.2) is 0 Å². The molecule has 0 fully saturated rings. The van der Waals surface area contributed by atoms with Crippen LogP contribution in [0.1, 0.15) is 32.3 Å². The Balaban J connectivity index is 1.84. The largest absolute Gasteiger partial charge is 0.380 e. The fraction of sp³-hybridized carbons (Fsp3) is 0.714. The lowest BCUT2D eigenvalue weighted by Gasteiger charge is -2.11. The molecular weight excluding hydrogens is 230 g/mol. The second-order valence-electron chi connectivity index (χ2n) is 4.60. The number of rotatable bonds is 10. The Bertz CT molecular complexity index is 261. The van der Waals surface area contributed by atoms with E-state index in [1.54, 1.807) is 11.3 Å². The average Bonchev–Trinajstić information content (AvgIpc) is 2.81. The van der Waals surface area contributed by atoms with E-state index in [9.17, 15) is 0 Å². The molecule has 0 aliphatic rings. The minimum Gasteiger partial charge on any atom is -0.380 e. The van der Waals surface area contributed by atoms with Crippen molar-refractivity contribution in [3.05, 3.63) is 22.4 Å². The van der Waals surface area contributed by atoms with Crippen LogP contribution in [0.5, 0.6) is 0 Å². The molecule has 1 heterocycles. The fourth-order valence-electron chi connectivity index (χ4n) is 1.80. The highest BCUT2D eigenvalue weighted by Gasteiger charge is 1.99. The summed E-state index contributed by atoms with van der Waals surface area (Å²) in [6.07, 6.45) is 3.64. The molecule has 0 radical (unpaired) electrons. The van der Waals surface area contributed by atoms with E-state index in [1.807, 2.05) is 0 Å². The molecular formula is C14H25NOS. The van der Waals surface area contributed by atoms with E-state index >= 15 is 0 Å². The zero-order chi connectivity index (χ0) is 12.3. The first-order chi connectivity index (χ1) is 8.33. The van der Waals surface area contributed by atoms with Gasteiger partial charge in [-0.3, -0.25) is 0 Å². The van der Waals surface area contributed by atoms with Gasteiger partial charge in [-0.05, 0) is 47.7 Å². The van der Waals surface area contributed by atoms with Gasteiger partial charge in [0.2, 0.25) is 0 Å². The quantitative estimate of drug-likeness (QED) is 0.648. The Kier molecular flexibility index (Phi) is 8.32. The van der Waals surface area contributed by atoms with Gasteiger partial charge < -0.3 is 10.1 Å². The third kappa shape index (κ3) is 7.53.